The standard InChI is InChI=1S/C10H10ClN3OS/c11-9-5-8(7-12)6-10(13-9)14-1-3-16(15)4-2-14/h5-6H,1-4H2. The molecule has 1 aliphatic heterocycles. The van der Waals surface area contributed by atoms with Crippen molar-refractivity contribution in [2.24, 2.45) is 0 Å². The number of anilines is 1. The molecule has 0 spiro atoms. The molecule has 1 aromatic heterocycles. The number of hydrogen-bond acceptors (Lipinski definition) is 4. The number of pyridine rings is 1. The second-order valence-corrected chi connectivity index (χ2v) is 5.57. The average Bonchev–Trinajstić information content (AvgIpc) is 2.29. The van der Waals surface area contributed by atoms with Crippen LogP contribution in [0, 0.1) is 11.3 Å². The van der Waals surface area contributed by atoms with E-state index in [2.05, 4.69) is 4.98 Å². The Hall–Kier alpha value is -1.12. The summed E-state index contributed by atoms with van der Waals surface area (Å²) in [6.07, 6.45) is 0. The molecule has 16 heavy (non-hydrogen) atoms. The lowest BCUT2D eigenvalue weighted by Crippen LogP contribution is -2.38. The Morgan fingerprint density at radius 3 is 2.75 bits per heavy atom. The van der Waals surface area contributed by atoms with Gasteiger partial charge in [-0.3, -0.25) is 4.21 Å². The van der Waals surface area contributed by atoms with E-state index in [-0.39, 0.29) is 0 Å². The molecule has 0 saturated carbocycles. The molecule has 0 aliphatic carbocycles. The van der Waals surface area contributed by atoms with Gasteiger partial charge < -0.3 is 4.90 Å². The third kappa shape index (κ3) is 2.52. The van der Waals surface area contributed by atoms with Crippen LogP contribution in [0.5, 0.6) is 0 Å². The van der Waals surface area contributed by atoms with Gasteiger partial charge in [0.05, 0.1) is 11.6 Å². The first-order valence-corrected chi connectivity index (χ1v) is 6.73. The van der Waals surface area contributed by atoms with Gasteiger partial charge >= 0.3 is 0 Å². The summed E-state index contributed by atoms with van der Waals surface area (Å²) in [7, 11) is -0.715. The predicted octanol–water partition coefficient (Wildman–Crippen LogP) is 1.18. The van der Waals surface area contributed by atoms with Crippen LogP contribution in [0.25, 0.3) is 0 Å². The second kappa shape index (κ2) is 4.81. The van der Waals surface area contributed by atoms with Crippen LogP contribution >= 0.6 is 11.6 Å². The minimum Gasteiger partial charge on any atom is -0.355 e. The molecule has 84 valence electrons. The first-order chi connectivity index (χ1) is 7.69. The van der Waals surface area contributed by atoms with Gasteiger partial charge in [-0.2, -0.15) is 5.26 Å². The number of nitriles is 1. The monoisotopic (exact) mass is 255 g/mol. The maximum Gasteiger partial charge on any atom is 0.132 e. The predicted molar refractivity (Wildman–Crippen MR) is 64.1 cm³/mol. The summed E-state index contributed by atoms with van der Waals surface area (Å²) in [6, 6.07) is 5.29. The summed E-state index contributed by atoms with van der Waals surface area (Å²) in [5, 5.41) is 9.14. The van der Waals surface area contributed by atoms with Crippen molar-refractivity contribution in [3.05, 3.63) is 22.8 Å². The lowest BCUT2D eigenvalue weighted by atomic mass is 10.3. The molecule has 2 rings (SSSR count). The average molecular weight is 256 g/mol. The highest BCUT2D eigenvalue weighted by atomic mass is 35.5. The van der Waals surface area contributed by atoms with Crippen molar-refractivity contribution < 1.29 is 4.21 Å². The van der Waals surface area contributed by atoms with Gasteiger partial charge in [-0.15, -0.1) is 0 Å². The highest BCUT2D eigenvalue weighted by Crippen LogP contribution is 2.19. The number of aromatic nitrogens is 1. The molecule has 0 unspecified atom stereocenters. The molecule has 0 atom stereocenters. The Morgan fingerprint density at radius 1 is 1.44 bits per heavy atom. The van der Waals surface area contributed by atoms with E-state index in [1.165, 1.54) is 6.07 Å². The third-order valence-electron chi connectivity index (χ3n) is 2.41. The van der Waals surface area contributed by atoms with Crippen molar-refractivity contribution in [2.75, 3.05) is 29.5 Å². The molecular formula is C10H10ClN3OS. The summed E-state index contributed by atoms with van der Waals surface area (Å²) < 4.78 is 11.2. The van der Waals surface area contributed by atoms with Crippen LogP contribution in [-0.4, -0.2) is 33.8 Å². The Bertz CT molecular complexity index is 462. The maximum atomic E-state index is 11.2. The second-order valence-electron chi connectivity index (χ2n) is 3.48. The summed E-state index contributed by atoms with van der Waals surface area (Å²) >= 11 is 5.83. The summed E-state index contributed by atoms with van der Waals surface area (Å²) in [5.74, 6) is 1.99. The van der Waals surface area contributed by atoms with Crippen molar-refractivity contribution >= 4 is 28.2 Å². The summed E-state index contributed by atoms with van der Waals surface area (Å²) in [6.45, 7) is 1.40. The topological polar surface area (TPSA) is 57.0 Å². The van der Waals surface area contributed by atoms with Crippen LogP contribution in [0.4, 0.5) is 5.82 Å². The SMILES string of the molecule is N#Cc1cc(Cl)nc(N2CCS(=O)CC2)c1. The van der Waals surface area contributed by atoms with Crippen molar-refractivity contribution in [2.45, 2.75) is 0 Å². The van der Waals surface area contributed by atoms with Crippen molar-refractivity contribution in [1.82, 2.24) is 4.98 Å². The van der Waals surface area contributed by atoms with E-state index in [1.54, 1.807) is 6.07 Å². The number of halogens is 1. The van der Waals surface area contributed by atoms with Gasteiger partial charge in [-0.05, 0) is 12.1 Å². The largest absolute Gasteiger partial charge is 0.355 e. The van der Waals surface area contributed by atoms with Gasteiger partial charge in [0.2, 0.25) is 0 Å². The van der Waals surface area contributed by atoms with Crippen LogP contribution in [0.3, 0.4) is 0 Å². The van der Waals surface area contributed by atoms with Crippen LogP contribution in [0.1, 0.15) is 5.56 Å². The molecule has 4 nitrogen and oxygen atoms in total. The van der Waals surface area contributed by atoms with Crippen LogP contribution in [-0.2, 0) is 10.8 Å². The lowest BCUT2D eigenvalue weighted by molar-refractivity contribution is 0.672. The van der Waals surface area contributed by atoms with Crippen molar-refractivity contribution in [3.63, 3.8) is 0 Å². The van der Waals surface area contributed by atoms with E-state index < -0.39 is 10.8 Å². The van der Waals surface area contributed by atoms with Gasteiger partial charge in [0.1, 0.15) is 11.0 Å². The first kappa shape index (κ1) is 11.4. The molecule has 0 N–H and O–H groups in total. The third-order valence-corrected chi connectivity index (χ3v) is 3.88. The highest BCUT2D eigenvalue weighted by Gasteiger charge is 2.17. The van der Waals surface area contributed by atoms with E-state index in [0.717, 1.165) is 0 Å². The fourth-order valence-electron chi connectivity index (χ4n) is 1.58. The number of rotatable bonds is 1. The summed E-state index contributed by atoms with van der Waals surface area (Å²) in [4.78, 5) is 6.18. The molecule has 0 radical (unpaired) electrons. The van der Waals surface area contributed by atoms with E-state index >= 15 is 0 Å². The fourth-order valence-corrected chi connectivity index (χ4v) is 2.83. The van der Waals surface area contributed by atoms with Gasteiger partial charge in [0.25, 0.3) is 0 Å². The molecule has 1 aromatic rings. The lowest BCUT2D eigenvalue weighted by Gasteiger charge is -2.27. The molecule has 1 saturated heterocycles. The highest BCUT2D eigenvalue weighted by molar-refractivity contribution is 7.85. The van der Waals surface area contributed by atoms with Crippen LogP contribution < -0.4 is 4.90 Å². The fraction of sp³-hybridized carbons (Fsp3) is 0.400. The normalized spacial score (nSPS) is 17.1. The Balaban J connectivity index is 2.24. The molecular weight excluding hydrogens is 246 g/mol. The zero-order valence-electron chi connectivity index (χ0n) is 8.52. The number of nitrogens with zero attached hydrogens (tertiary/aromatic N) is 3. The van der Waals surface area contributed by atoms with Crippen LogP contribution in [0.15, 0.2) is 12.1 Å². The van der Waals surface area contributed by atoms with E-state index in [1.807, 2.05) is 11.0 Å². The molecule has 6 heteroatoms. The molecule has 1 fully saturated rings. The Kier molecular flexibility index (Phi) is 3.42. The minimum absolute atomic E-state index is 0.320. The molecule has 0 amide bonds. The van der Waals surface area contributed by atoms with E-state index in [4.69, 9.17) is 16.9 Å². The molecule has 0 bridgehead atoms. The van der Waals surface area contributed by atoms with Gasteiger partial charge in [0.15, 0.2) is 0 Å². The number of hydrogen-bond donors (Lipinski definition) is 0. The first-order valence-electron chi connectivity index (χ1n) is 4.86. The molecule has 2 heterocycles. The van der Waals surface area contributed by atoms with Crippen molar-refractivity contribution in [1.29, 1.82) is 5.26 Å². The Morgan fingerprint density at radius 2 is 2.12 bits per heavy atom. The quantitative estimate of drug-likeness (QED) is 0.707. The van der Waals surface area contributed by atoms with Gasteiger partial charge in [-0.1, -0.05) is 11.6 Å². The van der Waals surface area contributed by atoms with Crippen LogP contribution in [0.2, 0.25) is 5.15 Å². The smallest absolute Gasteiger partial charge is 0.132 e. The zero-order valence-corrected chi connectivity index (χ0v) is 10.1. The molecule has 0 aromatic carbocycles. The van der Waals surface area contributed by atoms with E-state index in [0.29, 0.717) is 41.1 Å². The summed E-state index contributed by atoms with van der Waals surface area (Å²) in [5.41, 5.74) is 0.502. The van der Waals surface area contributed by atoms with E-state index in [9.17, 15) is 4.21 Å². The van der Waals surface area contributed by atoms with Gasteiger partial charge in [0, 0.05) is 35.4 Å². The zero-order chi connectivity index (χ0) is 11.5. The maximum absolute atomic E-state index is 11.2. The Labute approximate surface area is 101 Å². The van der Waals surface area contributed by atoms with Gasteiger partial charge in [-0.25, -0.2) is 4.98 Å². The minimum atomic E-state index is -0.715. The molecule has 1 aliphatic rings. The van der Waals surface area contributed by atoms with Crippen molar-refractivity contribution in [3.8, 4) is 6.07 Å².